The van der Waals surface area contributed by atoms with E-state index < -0.39 is 0 Å². The third kappa shape index (κ3) is 2.27. The number of hydrogen-bond donors (Lipinski definition) is 1. The lowest BCUT2D eigenvalue weighted by molar-refractivity contribution is 0.0988. The molecule has 0 bridgehead atoms. The maximum atomic E-state index is 11.6. The molecule has 0 amide bonds. The number of rotatable bonds is 3. The van der Waals surface area contributed by atoms with Gasteiger partial charge in [0.2, 0.25) is 0 Å². The monoisotopic (exact) mass is 259 g/mol. The molecule has 3 atom stereocenters. The predicted octanol–water partition coefficient (Wildman–Crippen LogP) is 2.49. The topological polar surface area (TPSA) is 40.5 Å². The van der Waals surface area contributed by atoms with Gasteiger partial charge in [0.15, 0.2) is 5.78 Å². The first-order valence-corrected chi connectivity index (χ1v) is 7.25. The van der Waals surface area contributed by atoms with Crippen LogP contribution in [0.3, 0.4) is 0 Å². The third-order valence-electron chi connectivity index (χ3n) is 4.69. The molecule has 3 heteroatoms. The fourth-order valence-electron chi connectivity index (χ4n) is 3.51. The Labute approximate surface area is 114 Å². The van der Waals surface area contributed by atoms with E-state index in [0.717, 1.165) is 31.5 Å². The van der Waals surface area contributed by atoms with Crippen molar-refractivity contribution in [2.75, 3.05) is 18.0 Å². The molecule has 1 aliphatic carbocycles. The Bertz CT molecular complexity index is 468. The van der Waals surface area contributed by atoms with Crippen molar-refractivity contribution in [2.45, 2.75) is 32.3 Å². The highest BCUT2D eigenvalue weighted by Gasteiger charge is 2.41. The lowest BCUT2D eigenvalue weighted by Gasteiger charge is -2.20. The van der Waals surface area contributed by atoms with Crippen LogP contribution in [0.5, 0.6) is 0 Å². The number of aliphatic hydroxyl groups is 1. The van der Waals surface area contributed by atoms with Gasteiger partial charge in [0.1, 0.15) is 0 Å². The molecule has 1 saturated heterocycles. The number of Topliss-reactive ketones (excluding diaryl/α,β-unsaturated/α-hetero) is 1. The Morgan fingerprint density at radius 1 is 1.26 bits per heavy atom. The second-order valence-electron chi connectivity index (χ2n) is 5.80. The van der Waals surface area contributed by atoms with Gasteiger partial charge in [-0.1, -0.05) is 6.92 Å². The van der Waals surface area contributed by atoms with E-state index in [0.29, 0.717) is 18.3 Å². The summed E-state index contributed by atoms with van der Waals surface area (Å²) in [5.74, 6) is 1.28. The molecular formula is C16H21NO2. The van der Waals surface area contributed by atoms with Gasteiger partial charge in [0, 0.05) is 36.7 Å². The second kappa shape index (κ2) is 4.97. The van der Waals surface area contributed by atoms with Gasteiger partial charge in [-0.05, 0) is 43.0 Å². The fourth-order valence-corrected chi connectivity index (χ4v) is 3.51. The van der Waals surface area contributed by atoms with Gasteiger partial charge in [-0.25, -0.2) is 0 Å². The van der Waals surface area contributed by atoms with E-state index in [1.165, 1.54) is 5.69 Å². The standard InChI is InChI=1S/C16H21NO2/c1-2-15(18)11-3-6-13(7-4-11)17-9-12-5-8-16(19)14(12)10-17/h3-4,6-7,12,14,16,19H,2,5,8-10H2,1H3. The summed E-state index contributed by atoms with van der Waals surface area (Å²) in [6, 6.07) is 7.92. The van der Waals surface area contributed by atoms with Gasteiger partial charge in [0.25, 0.3) is 0 Å². The summed E-state index contributed by atoms with van der Waals surface area (Å²) in [6.45, 7) is 3.88. The Hall–Kier alpha value is -1.35. The van der Waals surface area contributed by atoms with Crippen molar-refractivity contribution >= 4 is 11.5 Å². The summed E-state index contributed by atoms with van der Waals surface area (Å²) in [6.07, 6.45) is 2.55. The maximum absolute atomic E-state index is 11.6. The average Bonchev–Trinajstić information content (AvgIpc) is 3.01. The molecule has 1 aromatic carbocycles. The van der Waals surface area contributed by atoms with Crippen molar-refractivity contribution < 1.29 is 9.90 Å². The van der Waals surface area contributed by atoms with Crippen LogP contribution in [0.1, 0.15) is 36.5 Å². The molecule has 1 saturated carbocycles. The number of ketones is 1. The Morgan fingerprint density at radius 3 is 2.63 bits per heavy atom. The van der Waals surface area contributed by atoms with Crippen LogP contribution < -0.4 is 4.90 Å². The molecule has 19 heavy (non-hydrogen) atoms. The quantitative estimate of drug-likeness (QED) is 0.848. The molecular weight excluding hydrogens is 238 g/mol. The highest BCUT2D eigenvalue weighted by molar-refractivity contribution is 5.96. The van der Waals surface area contributed by atoms with Gasteiger partial charge in [-0.15, -0.1) is 0 Å². The van der Waals surface area contributed by atoms with Crippen LogP contribution in [0, 0.1) is 11.8 Å². The number of fused-ring (bicyclic) bond motifs is 1. The molecule has 1 aliphatic heterocycles. The molecule has 2 aliphatic rings. The van der Waals surface area contributed by atoms with Gasteiger partial charge < -0.3 is 10.0 Å². The molecule has 3 nitrogen and oxygen atoms in total. The average molecular weight is 259 g/mol. The summed E-state index contributed by atoms with van der Waals surface area (Å²) in [5.41, 5.74) is 1.97. The van der Waals surface area contributed by atoms with Crippen LogP contribution in [-0.2, 0) is 0 Å². The number of carbonyl (C=O) groups is 1. The Kier molecular flexibility index (Phi) is 3.31. The summed E-state index contributed by atoms with van der Waals surface area (Å²) in [7, 11) is 0. The first kappa shape index (κ1) is 12.7. The van der Waals surface area contributed by atoms with Crippen molar-refractivity contribution in [3.05, 3.63) is 29.8 Å². The van der Waals surface area contributed by atoms with Crippen LogP contribution in [0.2, 0.25) is 0 Å². The van der Waals surface area contributed by atoms with E-state index in [9.17, 15) is 9.90 Å². The van der Waals surface area contributed by atoms with E-state index in [1.807, 2.05) is 31.2 Å². The SMILES string of the molecule is CCC(=O)c1ccc(N2CC3CCC(O)C3C2)cc1. The van der Waals surface area contributed by atoms with Crippen LogP contribution >= 0.6 is 0 Å². The van der Waals surface area contributed by atoms with E-state index >= 15 is 0 Å². The minimum absolute atomic E-state index is 0.115. The minimum Gasteiger partial charge on any atom is -0.393 e. The normalized spacial score (nSPS) is 29.6. The largest absolute Gasteiger partial charge is 0.393 e. The van der Waals surface area contributed by atoms with Crippen LogP contribution in [0.25, 0.3) is 0 Å². The van der Waals surface area contributed by atoms with E-state index in [2.05, 4.69) is 4.90 Å². The van der Waals surface area contributed by atoms with Crippen molar-refractivity contribution in [3.8, 4) is 0 Å². The van der Waals surface area contributed by atoms with Gasteiger partial charge in [-0.2, -0.15) is 0 Å². The number of nitrogens with zero attached hydrogens (tertiary/aromatic N) is 1. The molecule has 2 fully saturated rings. The van der Waals surface area contributed by atoms with Gasteiger partial charge in [-0.3, -0.25) is 4.79 Å². The Morgan fingerprint density at radius 2 is 2.00 bits per heavy atom. The lowest BCUT2D eigenvalue weighted by Crippen LogP contribution is -2.24. The van der Waals surface area contributed by atoms with Crippen molar-refractivity contribution in [3.63, 3.8) is 0 Å². The molecule has 0 aromatic heterocycles. The molecule has 0 spiro atoms. The lowest BCUT2D eigenvalue weighted by atomic mass is 10.00. The van der Waals surface area contributed by atoms with E-state index in [1.54, 1.807) is 0 Å². The highest BCUT2D eigenvalue weighted by atomic mass is 16.3. The number of carbonyl (C=O) groups excluding carboxylic acids is 1. The molecule has 1 aromatic rings. The zero-order valence-electron chi connectivity index (χ0n) is 11.4. The zero-order valence-corrected chi connectivity index (χ0v) is 11.4. The Balaban J connectivity index is 1.72. The first-order chi connectivity index (χ1) is 9.19. The predicted molar refractivity (Wildman–Crippen MR) is 75.5 cm³/mol. The first-order valence-electron chi connectivity index (χ1n) is 7.25. The van der Waals surface area contributed by atoms with Crippen molar-refractivity contribution in [1.82, 2.24) is 0 Å². The summed E-state index contributed by atoms with van der Waals surface area (Å²) in [5, 5.41) is 9.94. The van der Waals surface area contributed by atoms with Crippen LogP contribution in [-0.4, -0.2) is 30.1 Å². The van der Waals surface area contributed by atoms with Crippen molar-refractivity contribution in [2.24, 2.45) is 11.8 Å². The van der Waals surface area contributed by atoms with Gasteiger partial charge >= 0.3 is 0 Å². The molecule has 1 N–H and O–H groups in total. The number of hydrogen-bond acceptors (Lipinski definition) is 3. The zero-order chi connectivity index (χ0) is 13.4. The van der Waals surface area contributed by atoms with Gasteiger partial charge in [0.05, 0.1) is 6.10 Å². The summed E-state index contributed by atoms with van der Waals surface area (Å²) >= 11 is 0. The van der Waals surface area contributed by atoms with Crippen LogP contribution in [0.15, 0.2) is 24.3 Å². The van der Waals surface area contributed by atoms with Crippen molar-refractivity contribution in [1.29, 1.82) is 0 Å². The summed E-state index contributed by atoms with van der Waals surface area (Å²) in [4.78, 5) is 13.9. The highest BCUT2D eigenvalue weighted by Crippen LogP contribution is 2.39. The van der Waals surface area contributed by atoms with Crippen LogP contribution in [0.4, 0.5) is 5.69 Å². The smallest absolute Gasteiger partial charge is 0.162 e. The molecule has 0 radical (unpaired) electrons. The maximum Gasteiger partial charge on any atom is 0.162 e. The van der Waals surface area contributed by atoms with E-state index in [-0.39, 0.29) is 11.9 Å². The fraction of sp³-hybridized carbons (Fsp3) is 0.562. The third-order valence-corrected chi connectivity index (χ3v) is 4.69. The number of benzene rings is 1. The molecule has 102 valence electrons. The second-order valence-corrected chi connectivity index (χ2v) is 5.80. The minimum atomic E-state index is -0.115. The summed E-state index contributed by atoms with van der Waals surface area (Å²) < 4.78 is 0. The molecule has 1 heterocycles. The molecule has 3 rings (SSSR count). The van der Waals surface area contributed by atoms with E-state index in [4.69, 9.17) is 0 Å². The molecule has 3 unspecified atom stereocenters. The number of anilines is 1. The number of aliphatic hydroxyl groups excluding tert-OH is 1.